The van der Waals surface area contributed by atoms with Gasteiger partial charge in [-0.1, -0.05) is 13.8 Å². The summed E-state index contributed by atoms with van der Waals surface area (Å²) in [5, 5.41) is 7.37. The van der Waals surface area contributed by atoms with Crippen molar-refractivity contribution in [1.82, 2.24) is 14.8 Å². The average Bonchev–Trinajstić information content (AvgIpc) is 2.99. The molecule has 1 aromatic carbocycles. The summed E-state index contributed by atoms with van der Waals surface area (Å²) < 4.78 is 15.5. The lowest BCUT2D eigenvalue weighted by molar-refractivity contribution is 0.378. The molecule has 1 aromatic heterocycles. The number of aromatic nitrogens is 3. The first-order chi connectivity index (χ1) is 9.53. The molecule has 106 valence electrons. The molecule has 20 heavy (non-hydrogen) atoms. The molecule has 0 amide bonds. The second kappa shape index (κ2) is 4.89. The fourth-order valence-electron chi connectivity index (χ4n) is 2.91. The van der Waals surface area contributed by atoms with Crippen LogP contribution in [-0.4, -0.2) is 20.8 Å². The highest BCUT2D eigenvalue weighted by molar-refractivity contribution is 5.50. The molecule has 0 bridgehead atoms. The van der Waals surface area contributed by atoms with Gasteiger partial charge in [-0.2, -0.15) is 5.10 Å². The molecular weight excluding hydrogens is 255 g/mol. The molecule has 1 aliphatic rings. The van der Waals surface area contributed by atoms with Crippen molar-refractivity contribution in [2.75, 3.05) is 5.32 Å². The Balaban J connectivity index is 1.75. The van der Waals surface area contributed by atoms with Crippen LogP contribution in [0, 0.1) is 11.2 Å². The van der Waals surface area contributed by atoms with Crippen molar-refractivity contribution >= 4 is 5.69 Å². The van der Waals surface area contributed by atoms with Gasteiger partial charge in [-0.3, -0.25) is 0 Å². The fraction of sp³-hybridized carbons (Fsp3) is 0.467. The van der Waals surface area contributed by atoms with Gasteiger partial charge in [0.15, 0.2) is 5.82 Å². The summed E-state index contributed by atoms with van der Waals surface area (Å²) >= 11 is 0. The van der Waals surface area contributed by atoms with Gasteiger partial charge in [-0.15, -0.1) is 0 Å². The maximum atomic E-state index is 14.1. The topological polar surface area (TPSA) is 42.7 Å². The molecule has 0 saturated heterocycles. The molecule has 5 heteroatoms. The van der Waals surface area contributed by atoms with Gasteiger partial charge >= 0.3 is 0 Å². The highest BCUT2D eigenvalue weighted by Crippen LogP contribution is 2.38. The van der Waals surface area contributed by atoms with Crippen LogP contribution >= 0.6 is 0 Å². The lowest BCUT2D eigenvalue weighted by atomic mass is 9.92. The summed E-state index contributed by atoms with van der Waals surface area (Å²) in [6.07, 6.45) is 6.36. The van der Waals surface area contributed by atoms with E-state index >= 15 is 0 Å². The minimum atomic E-state index is -0.294. The second-order valence-corrected chi connectivity index (χ2v) is 6.25. The van der Waals surface area contributed by atoms with Crippen molar-refractivity contribution in [3.8, 4) is 5.69 Å². The predicted octanol–water partition coefficient (Wildman–Crippen LogP) is 3.40. The van der Waals surface area contributed by atoms with Gasteiger partial charge in [0.05, 0.1) is 0 Å². The van der Waals surface area contributed by atoms with E-state index in [2.05, 4.69) is 29.2 Å². The van der Waals surface area contributed by atoms with E-state index < -0.39 is 0 Å². The molecule has 0 radical (unpaired) electrons. The van der Waals surface area contributed by atoms with Crippen molar-refractivity contribution in [1.29, 1.82) is 0 Å². The Morgan fingerprint density at radius 2 is 2.25 bits per heavy atom. The van der Waals surface area contributed by atoms with Crippen LogP contribution in [0.5, 0.6) is 0 Å². The van der Waals surface area contributed by atoms with Crippen LogP contribution in [0.25, 0.3) is 5.69 Å². The van der Waals surface area contributed by atoms with Crippen LogP contribution < -0.4 is 5.32 Å². The van der Waals surface area contributed by atoms with Crippen LogP contribution in [0.2, 0.25) is 0 Å². The van der Waals surface area contributed by atoms with Crippen LogP contribution in [0.4, 0.5) is 10.1 Å². The summed E-state index contributed by atoms with van der Waals surface area (Å²) in [4.78, 5) is 3.83. The van der Waals surface area contributed by atoms with Crippen molar-refractivity contribution in [2.45, 2.75) is 39.2 Å². The van der Waals surface area contributed by atoms with Gasteiger partial charge in [0.2, 0.25) is 0 Å². The van der Waals surface area contributed by atoms with E-state index in [1.807, 2.05) is 6.07 Å². The van der Waals surface area contributed by atoms with Crippen LogP contribution in [0.15, 0.2) is 30.9 Å². The smallest absolute Gasteiger partial charge is 0.150 e. The van der Waals surface area contributed by atoms with Gasteiger partial charge in [0.25, 0.3) is 0 Å². The molecule has 1 unspecified atom stereocenters. The number of rotatable bonds is 3. The van der Waals surface area contributed by atoms with E-state index in [0.29, 0.717) is 17.1 Å². The Labute approximate surface area is 118 Å². The maximum Gasteiger partial charge on any atom is 0.150 e. The Bertz CT molecular complexity index is 592. The molecule has 2 aromatic rings. The SMILES string of the molecule is CC1(C)CCC(Nc2ccc(-n3cncn3)c(F)c2)C1. The standard InChI is InChI=1S/C15H19FN4/c1-15(2)6-5-12(8-15)19-11-3-4-14(13(16)7-11)20-10-17-9-18-20/h3-4,7,9-10,12,19H,5-6,8H2,1-2H3. The number of hydrogen-bond acceptors (Lipinski definition) is 3. The van der Waals surface area contributed by atoms with Crippen molar-refractivity contribution in [3.63, 3.8) is 0 Å². The number of nitrogens with one attached hydrogen (secondary N) is 1. The van der Waals surface area contributed by atoms with Crippen LogP contribution in [-0.2, 0) is 0 Å². The largest absolute Gasteiger partial charge is 0.382 e. The van der Waals surface area contributed by atoms with E-state index in [4.69, 9.17) is 0 Å². The summed E-state index contributed by atoms with van der Waals surface area (Å²) in [6.45, 7) is 4.56. The molecule has 1 N–H and O–H groups in total. The first kappa shape index (κ1) is 13.1. The van der Waals surface area contributed by atoms with Gasteiger partial charge in [0, 0.05) is 11.7 Å². The fourth-order valence-corrected chi connectivity index (χ4v) is 2.91. The third-order valence-electron chi connectivity index (χ3n) is 3.95. The molecule has 0 aliphatic heterocycles. The molecule has 1 aliphatic carbocycles. The van der Waals surface area contributed by atoms with E-state index in [9.17, 15) is 4.39 Å². The Morgan fingerprint density at radius 1 is 1.40 bits per heavy atom. The number of anilines is 1. The predicted molar refractivity (Wildman–Crippen MR) is 76.4 cm³/mol. The second-order valence-electron chi connectivity index (χ2n) is 6.25. The van der Waals surface area contributed by atoms with E-state index in [0.717, 1.165) is 18.5 Å². The Kier molecular flexibility index (Phi) is 3.20. The summed E-state index contributed by atoms with van der Waals surface area (Å²) in [6, 6.07) is 5.59. The normalized spacial score (nSPS) is 21.1. The van der Waals surface area contributed by atoms with Crippen molar-refractivity contribution < 1.29 is 4.39 Å². The zero-order valence-electron chi connectivity index (χ0n) is 11.8. The number of hydrogen-bond donors (Lipinski definition) is 1. The average molecular weight is 274 g/mol. The van der Waals surface area contributed by atoms with Gasteiger partial charge < -0.3 is 5.32 Å². The molecule has 1 saturated carbocycles. The molecule has 4 nitrogen and oxygen atoms in total. The quantitative estimate of drug-likeness (QED) is 0.932. The first-order valence-corrected chi connectivity index (χ1v) is 6.95. The molecule has 3 rings (SSSR count). The molecule has 1 fully saturated rings. The van der Waals surface area contributed by atoms with Gasteiger partial charge in [0.1, 0.15) is 18.3 Å². The zero-order chi connectivity index (χ0) is 14.2. The lowest BCUT2D eigenvalue weighted by Gasteiger charge is -2.19. The van der Waals surface area contributed by atoms with Crippen molar-refractivity contribution in [2.24, 2.45) is 5.41 Å². The minimum Gasteiger partial charge on any atom is -0.382 e. The Hall–Kier alpha value is -1.91. The van der Waals surface area contributed by atoms with Crippen LogP contribution in [0.1, 0.15) is 33.1 Å². The summed E-state index contributed by atoms with van der Waals surface area (Å²) in [5.74, 6) is -0.294. The zero-order valence-corrected chi connectivity index (χ0v) is 11.8. The maximum absolute atomic E-state index is 14.1. The summed E-state index contributed by atoms with van der Waals surface area (Å²) in [5.41, 5.74) is 1.63. The highest BCUT2D eigenvalue weighted by Gasteiger charge is 2.30. The molecule has 1 atom stereocenters. The first-order valence-electron chi connectivity index (χ1n) is 6.95. The molecule has 0 spiro atoms. The minimum absolute atomic E-state index is 0.294. The van der Waals surface area contributed by atoms with E-state index in [1.54, 1.807) is 6.07 Å². The third-order valence-corrected chi connectivity index (χ3v) is 3.95. The number of halogens is 1. The lowest BCUT2D eigenvalue weighted by Crippen LogP contribution is -2.17. The van der Waals surface area contributed by atoms with Gasteiger partial charge in [-0.25, -0.2) is 14.1 Å². The molecule has 1 heterocycles. The number of nitrogens with zero attached hydrogens (tertiary/aromatic N) is 3. The van der Waals surface area contributed by atoms with Crippen molar-refractivity contribution in [3.05, 3.63) is 36.7 Å². The van der Waals surface area contributed by atoms with E-state index in [1.165, 1.54) is 29.8 Å². The number of benzene rings is 1. The third kappa shape index (κ3) is 2.66. The monoisotopic (exact) mass is 274 g/mol. The Morgan fingerprint density at radius 3 is 2.85 bits per heavy atom. The highest BCUT2D eigenvalue weighted by atomic mass is 19.1. The van der Waals surface area contributed by atoms with Gasteiger partial charge in [-0.05, 0) is 42.9 Å². The van der Waals surface area contributed by atoms with E-state index in [-0.39, 0.29) is 5.82 Å². The summed E-state index contributed by atoms with van der Waals surface area (Å²) in [7, 11) is 0. The van der Waals surface area contributed by atoms with Crippen LogP contribution in [0.3, 0.4) is 0 Å². The molecular formula is C15H19FN4.